The number of sulfonamides is 1. The molecule has 0 aliphatic heterocycles. The highest BCUT2D eigenvalue weighted by Gasteiger charge is 2.23. The van der Waals surface area contributed by atoms with Crippen molar-refractivity contribution in [2.24, 2.45) is 0 Å². The Hall–Kier alpha value is -0.820. The lowest BCUT2D eigenvalue weighted by Gasteiger charge is -2.14. The van der Waals surface area contributed by atoms with E-state index < -0.39 is 22.0 Å². The van der Waals surface area contributed by atoms with Crippen LogP contribution in [0, 0.1) is 0 Å². The Labute approximate surface area is 122 Å². The van der Waals surface area contributed by atoms with Gasteiger partial charge in [-0.2, -0.15) is 4.72 Å². The van der Waals surface area contributed by atoms with E-state index in [-0.39, 0.29) is 14.9 Å². The summed E-state index contributed by atoms with van der Waals surface area (Å²) in [6, 6.07) is 3.20. The smallest absolute Gasteiger partial charge is 0.242 e. The first-order valence-corrected chi connectivity index (χ1v) is 7.77. The van der Waals surface area contributed by atoms with Crippen molar-refractivity contribution in [2.45, 2.75) is 24.8 Å². The van der Waals surface area contributed by atoms with Crippen molar-refractivity contribution in [1.82, 2.24) is 10.0 Å². The second-order valence-corrected chi connectivity index (χ2v) is 6.34. The third-order valence-corrected chi connectivity index (χ3v) is 4.52. The van der Waals surface area contributed by atoms with E-state index in [4.69, 9.17) is 23.2 Å². The van der Waals surface area contributed by atoms with Gasteiger partial charge in [0.1, 0.15) is 4.90 Å². The largest absolute Gasteiger partial charge is 0.355 e. The fourth-order valence-electron chi connectivity index (χ4n) is 1.36. The molecule has 0 spiro atoms. The van der Waals surface area contributed by atoms with Crippen molar-refractivity contribution in [3.05, 3.63) is 28.2 Å². The first-order valence-electron chi connectivity index (χ1n) is 5.53. The molecule has 19 heavy (non-hydrogen) atoms. The van der Waals surface area contributed by atoms with E-state index >= 15 is 0 Å². The van der Waals surface area contributed by atoms with E-state index in [0.717, 1.165) is 0 Å². The molecular formula is C11H14Cl2N2O3S. The van der Waals surface area contributed by atoms with Crippen molar-refractivity contribution < 1.29 is 13.2 Å². The Morgan fingerprint density at radius 3 is 2.58 bits per heavy atom. The number of hydrogen-bond acceptors (Lipinski definition) is 3. The number of likely N-dealkylation sites (N-methyl/N-ethyl adjacent to an activating group) is 1. The lowest BCUT2D eigenvalue weighted by Crippen LogP contribution is -2.44. The highest BCUT2D eigenvalue weighted by molar-refractivity contribution is 7.89. The van der Waals surface area contributed by atoms with Crippen molar-refractivity contribution >= 4 is 39.1 Å². The second kappa shape index (κ2) is 6.56. The van der Waals surface area contributed by atoms with Crippen LogP contribution in [0.1, 0.15) is 13.8 Å². The van der Waals surface area contributed by atoms with Gasteiger partial charge >= 0.3 is 0 Å². The lowest BCUT2D eigenvalue weighted by atomic mass is 10.3. The fraction of sp³-hybridized carbons (Fsp3) is 0.364. The maximum atomic E-state index is 12.1. The standard InChI is InChI=1S/C11H14Cl2N2O3S/c1-3-14-11(16)7(2)15-19(17,18)10-6-8(12)4-5-9(10)13/h4-7,15H,3H2,1-2H3,(H,14,16)/t7-/m0/s1. The zero-order valence-electron chi connectivity index (χ0n) is 10.4. The van der Waals surface area contributed by atoms with Gasteiger partial charge in [0.2, 0.25) is 15.9 Å². The van der Waals surface area contributed by atoms with Gasteiger partial charge in [-0.05, 0) is 32.0 Å². The van der Waals surface area contributed by atoms with Crippen molar-refractivity contribution in [3.8, 4) is 0 Å². The molecule has 1 aromatic carbocycles. The summed E-state index contributed by atoms with van der Waals surface area (Å²) in [5.74, 6) is -0.413. The van der Waals surface area contributed by atoms with Crippen LogP contribution in [0.4, 0.5) is 0 Å². The SMILES string of the molecule is CCNC(=O)[C@H](C)NS(=O)(=O)c1cc(Cl)ccc1Cl. The number of nitrogens with one attached hydrogen (secondary N) is 2. The summed E-state index contributed by atoms with van der Waals surface area (Å²) in [5.41, 5.74) is 0. The molecule has 0 aliphatic rings. The highest BCUT2D eigenvalue weighted by Crippen LogP contribution is 2.24. The molecule has 0 unspecified atom stereocenters. The zero-order chi connectivity index (χ0) is 14.6. The Bertz CT molecular complexity index is 575. The molecule has 2 N–H and O–H groups in total. The highest BCUT2D eigenvalue weighted by atomic mass is 35.5. The number of halogens is 2. The van der Waals surface area contributed by atoms with Crippen LogP contribution < -0.4 is 10.0 Å². The zero-order valence-corrected chi connectivity index (χ0v) is 12.7. The summed E-state index contributed by atoms with van der Waals surface area (Å²) >= 11 is 11.6. The minimum absolute atomic E-state index is 0.0417. The number of carbonyl (C=O) groups is 1. The molecular weight excluding hydrogens is 311 g/mol. The third kappa shape index (κ3) is 4.35. The molecule has 5 nitrogen and oxygen atoms in total. The molecule has 8 heteroatoms. The molecule has 1 aromatic rings. The first kappa shape index (κ1) is 16.2. The van der Waals surface area contributed by atoms with Crippen LogP contribution in [0.2, 0.25) is 10.0 Å². The maximum Gasteiger partial charge on any atom is 0.242 e. The van der Waals surface area contributed by atoms with Crippen molar-refractivity contribution in [1.29, 1.82) is 0 Å². The van der Waals surface area contributed by atoms with Crippen LogP contribution in [0.3, 0.4) is 0 Å². The van der Waals surface area contributed by atoms with Crippen molar-refractivity contribution in [3.63, 3.8) is 0 Å². The van der Waals surface area contributed by atoms with Gasteiger partial charge in [0.25, 0.3) is 0 Å². The lowest BCUT2D eigenvalue weighted by molar-refractivity contribution is -0.122. The maximum absolute atomic E-state index is 12.1. The quantitative estimate of drug-likeness (QED) is 0.867. The summed E-state index contributed by atoms with van der Waals surface area (Å²) in [4.78, 5) is 11.4. The molecule has 0 bridgehead atoms. The van der Waals surface area contributed by atoms with E-state index in [9.17, 15) is 13.2 Å². The van der Waals surface area contributed by atoms with Crippen LogP contribution in [-0.2, 0) is 14.8 Å². The molecule has 1 rings (SSSR count). The normalized spacial score (nSPS) is 13.1. The average molecular weight is 325 g/mol. The van der Waals surface area contributed by atoms with Gasteiger partial charge in [0.05, 0.1) is 11.1 Å². The fourth-order valence-corrected chi connectivity index (χ4v) is 3.33. The van der Waals surface area contributed by atoms with Gasteiger partial charge in [0, 0.05) is 11.6 Å². The molecule has 0 heterocycles. The van der Waals surface area contributed by atoms with Crippen LogP contribution in [0.25, 0.3) is 0 Å². The summed E-state index contributed by atoms with van der Waals surface area (Å²) in [6.45, 7) is 3.61. The number of rotatable bonds is 5. The topological polar surface area (TPSA) is 75.3 Å². The van der Waals surface area contributed by atoms with Gasteiger partial charge < -0.3 is 5.32 Å². The van der Waals surface area contributed by atoms with Crippen LogP contribution in [-0.4, -0.2) is 26.9 Å². The van der Waals surface area contributed by atoms with E-state index in [1.54, 1.807) is 6.92 Å². The predicted molar refractivity (Wildman–Crippen MR) is 74.9 cm³/mol. The number of hydrogen-bond donors (Lipinski definition) is 2. The first-order chi connectivity index (χ1) is 8.77. The summed E-state index contributed by atoms with van der Waals surface area (Å²) in [7, 11) is -3.90. The molecule has 0 fully saturated rings. The third-order valence-electron chi connectivity index (χ3n) is 2.26. The van der Waals surface area contributed by atoms with Gasteiger partial charge in [-0.25, -0.2) is 8.42 Å². The Morgan fingerprint density at radius 2 is 2.00 bits per heavy atom. The van der Waals surface area contributed by atoms with Gasteiger partial charge in [-0.1, -0.05) is 23.2 Å². The molecule has 0 radical (unpaired) electrons. The average Bonchev–Trinajstić information content (AvgIpc) is 2.31. The monoisotopic (exact) mass is 324 g/mol. The molecule has 0 saturated carbocycles. The Kier molecular flexibility index (Phi) is 5.61. The summed E-state index contributed by atoms with van der Waals surface area (Å²) in [6.07, 6.45) is 0. The van der Waals surface area contributed by atoms with Gasteiger partial charge in [-0.15, -0.1) is 0 Å². The number of benzene rings is 1. The minimum Gasteiger partial charge on any atom is -0.355 e. The Balaban J connectivity index is 2.99. The molecule has 1 atom stereocenters. The number of carbonyl (C=O) groups excluding carboxylic acids is 1. The van der Waals surface area contributed by atoms with Crippen LogP contribution in [0.15, 0.2) is 23.1 Å². The minimum atomic E-state index is -3.90. The Morgan fingerprint density at radius 1 is 1.37 bits per heavy atom. The van der Waals surface area contributed by atoms with E-state index in [0.29, 0.717) is 6.54 Å². The molecule has 0 aromatic heterocycles. The molecule has 106 valence electrons. The molecule has 0 saturated heterocycles. The number of amides is 1. The molecule has 1 amide bonds. The summed E-state index contributed by atoms with van der Waals surface area (Å²) < 4.78 is 26.4. The van der Waals surface area contributed by atoms with E-state index in [1.807, 2.05) is 0 Å². The van der Waals surface area contributed by atoms with Crippen molar-refractivity contribution in [2.75, 3.05) is 6.54 Å². The van der Waals surface area contributed by atoms with Crippen LogP contribution >= 0.6 is 23.2 Å². The van der Waals surface area contributed by atoms with Gasteiger partial charge in [-0.3, -0.25) is 4.79 Å². The predicted octanol–water partition coefficient (Wildman–Crippen LogP) is 1.80. The summed E-state index contributed by atoms with van der Waals surface area (Å²) in [5, 5.41) is 2.81. The second-order valence-electron chi connectivity index (χ2n) is 3.81. The molecule has 0 aliphatic carbocycles. The van der Waals surface area contributed by atoms with E-state index in [2.05, 4.69) is 10.0 Å². The van der Waals surface area contributed by atoms with E-state index in [1.165, 1.54) is 25.1 Å². The van der Waals surface area contributed by atoms with Crippen LogP contribution in [0.5, 0.6) is 0 Å². The van der Waals surface area contributed by atoms with Gasteiger partial charge in [0.15, 0.2) is 0 Å².